The van der Waals surface area contributed by atoms with Gasteiger partial charge in [-0.25, -0.2) is 0 Å². The number of ether oxygens (including phenoxy) is 1. The van der Waals surface area contributed by atoms with Crippen molar-refractivity contribution in [2.75, 3.05) is 6.61 Å². The number of azo groups is 1. The van der Waals surface area contributed by atoms with Crippen molar-refractivity contribution in [2.45, 2.75) is 0 Å². The Balaban J connectivity index is 1.75. The molecule has 0 unspecified atom stereocenters. The van der Waals surface area contributed by atoms with Crippen LogP contribution in [0.3, 0.4) is 0 Å². The smallest absolute Gasteiger partial charge is 0.302 e. The third-order valence-corrected chi connectivity index (χ3v) is 4.74. The van der Waals surface area contributed by atoms with Crippen molar-refractivity contribution in [1.29, 1.82) is 0 Å². The van der Waals surface area contributed by atoms with Crippen LogP contribution in [-0.4, -0.2) is 22.6 Å². The Labute approximate surface area is 170 Å². The number of rotatable bonds is 4. The van der Waals surface area contributed by atoms with Gasteiger partial charge in [0.15, 0.2) is 18.0 Å². The molecule has 3 rings (SSSR count). The van der Waals surface area contributed by atoms with Crippen LogP contribution < -0.4 is 4.74 Å². The maximum atomic E-state index is 11.9. The summed E-state index contributed by atoms with van der Waals surface area (Å²) in [4.78, 5) is 14.7. The van der Waals surface area contributed by atoms with Gasteiger partial charge >= 0.3 is 5.91 Å². The molecule has 0 atom stereocenters. The quantitative estimate of drug-likeness (QED) is 0.433. The van der Waals surface area contributed by atoms with Crippen molar-refractivity contribution in [3.8, 4) is 11.6 Å². The molecule has 3 aromatic rings. The van der Waals surface area contributed by atoms with Gasteiger partial charge in [-0.3, -0.25) is 4.79 Å². The highest BCUT2D eigenvalue weighted by Crippen LogP contribution is 2.38. The Bertz CT molecular complexity index is 1010. The van der Waals surface area contributed by atoms with Crippen LogP contribution in [0.2, 0.25) is 15.1 Å². The number of aromatic nitrogens is 1. The fourth-order valence-corrected chi connectivity index (χ4v) is 3.58. The maximum Gasteiger partial charge on any atom is 0.302 e. The second-order valence-corrected chi connectivity index (χ2v) is 7.17. The van der Waals surface area contributed by atoms with Gasteiger partial charge in [-0.05, 0) is 34.1 Å². The van der Waals surface area contributed by atoms with E-state index >= 15 is 0 Å². The molecular weight excluding hydrogens is 468 g/mol. The Morgan fingerprint density at radius 1 is 1.23 bits per heavy atom. The molecule has 1 heterocycles. The molecule has 26 heavy (non-hydrogen) atoms. The van der Waals surface area contributed by atoms with E-state index in [4.69, 9.17) is 39.5 Å². The van der Waals surface area contributed by atoms with E-state index in [0.717, 1.165) is 4.47 Å². The van der Waals surface area contributed by atoms with E-state index in [2.05, 4.69) is 31.1 Å². The molecule has 0 aliphatic rings. The van der Waals surface area contributed by atoms with Gasteiger partial charge in [-0.15, -0.1) is 10.2 Å². The molecule has 0 saturated carbocycles. The lowest BCUT2D eigenvalue weighted by molar-refractivity contribution is -0.120. The van der Waals surface area contributed by atoms with Crippen molar-refractivity contribution in [3.63, 3.8) is 0 Å². The highest BCUT2D eigenvalue weighted by molar-refractivity contribution is 9.10. The molecule has 1 aromatic heterocycles. The number of H-pyrrole nitrogens is 1. The number of para-hydroxylation sites is 1. The van der Waals surface area contributed by atoms with Gasteiger partial charge < -0.3 is 14.8 Å². The Kier molecular flexibility index (Phi) is 5.72. The Morgan fingerprint density at radius 3 is 2.62 bits per heavy atom. The number of benzene rings is 2. The van der Waals surface area contributed by atoms with Crippen LogP contribution >= 0.6 is 50.7 Å². The van der Waals surface area contributed by atoms with Crippen LogP contribution in [0.1, 0.15) is 0 Å². The fourth-order valence-electron chi connectivity index (χ4n) is 2.19. The zero-order valence-corrected chi connectivity index (χ0v) is 16.6. The molecule has 6 nitrogen and oxygen atoms in total. The standard InChI is InChI=1S/C16H9BrCl3N3O3/c17-9-3-1-2-8-13(9)21-16(25)14(8)23-22-12(24)6-26-15-10(19)4-7(18)5-11(15)20/h1-5,21,25H,6H2. The summed E-state index contributed by atoms with van der Waals surface area (Å²) in [5.74, 6) is -0.760. The zero-order valence-electron chi connectivity index (χ0n) is 12.8. The average molecular weight is 478 g/mol. The number of carbonyl (C=O) groups is 1. The monoisotopic (exact) mass is 475 g/mol. The van der Waals surface area contributed by atoms with Crippen LogP contribution in [0.25, 0.3) is 10.9 Å². The summed E-state index contributed by atoms with van der Waals surface area (Å²) >= 11 is 21.1. The van der Waals surface area contributed by atoms with Gasteiger partial charge in [0.05, 0.1) is 15.6 Å². The van der Waals surface area contributed by atoms with Crippen molar-refractivity contribution in [1.82, 2.24) is 4.98 Å². The molecule has 1 amide bonds. The molecule has 0 spiro atoms. The predicted molar refractivity (Wildman–Crippen MR) is 104 cm³/mol. The van der Waals surface area contributed by atoms with Gasteiger partial charge in [0.1, 0.15) is 0 Å². The summed E-state index contributed by atoms with van der Waals surface area (Å²) in [5, 5.41) is 18.6. The number of fused-ring (bicyclic) bond motifs is 1. The molecule has 2 N–H and O–H groups in total. The SMILES string of the molecule is O=C(COc1c(Cl)cc(Cl)cc1Cl)N=Nc1c(O)[nH]c2c(Br)cccc12. The second-order valence-electron chi connectivity index (χ2n) is 5.07. The van der Waals surface area contributed by atoms with E-state index in [9.17, 15) is 9.90 Å². The second kappa shape index (κ2) is 7.84. The van der Waals surface area contributed by atoms with Crippen molar-refractivity contribution in [2.24, 2.45) is 10.2 Å². The highest BCUT2D eigenvalue weighted by Gasteiger charge is 2.14. The van der Waals surface area contributed by atoms with Crippen LogP contribution in [-0.2, 0) is 4.79 Å². The lowest BCUT2D eigenvalue weighted by Gasteiger charge is -2.08. The van der Waals surface area contributed by atoms with E-state index in [1.807, 2.05) is 0 Å². The number of aromatic amines is 1. The normalized spacial score (nSPS) is 11.4. The molecule has 10 heteroatoms. The first-order valence-electron chi connectivity index (χ1n) is 7.08. The Morgan fingerprint density at radius 2 is 1.92 bits per heavy atom. The molecule has 0 radical (unpaired) electrons. The molecule has 134 valence electrons. The summed E-state index contributed by atoms with van der Waals surface area (Å²) in [6.45, 7) is -0.433. The van der Waals surface area contributed by atoms with Crippen LogP contribution in [0.5, 0.6) is 11.6 Å². The largest absolute Gasteiger partial charge is 0.493 e. The molecule has 0 saturated heterocycles. The van der Waals surface area contributed by atoms with Crippen molar-refractivity contribution < 1.29 is 14.6 Å². The lowest BCUT2D eigenvalue weighted by Crippen LogP contribution is -2.08. The van der Waals surface area contributed by atoms with Gasteiger partial charge in [-0.1, -0.05) is 46.9 Å². The summed E-state index contributed by atoms with van der Waals surface area (Å²) in [6.07, 6.45) is 0. The molecule has 0 aliphatic heterocycles. The average Bonchev–Trinajstić information content (AvgIpc) is 2.89. The fraction of sp³-hybridized carbons (Fsp3) is 0.0625. The summed E-state index contributed by atoms with van der Waals surface area (Å²) in [5.41, 5.74) is 0.791. The molecule has 2 aromatic carbocycles. The number of hydrogen-bond acceptors (Lipinski definition) is 4. The summed E-state index contributed by atoms with van der Waals surface area (Å²) < 4.78 is 6.03. The number of nitrogens with zero attached hydrogens (tertiary/aromatic N) is 2. The van der Waals surface area contributed by atoms with E-state index in [1.54, 1.807) is 18.2 Å². The third-order valence-electron chi connectivity index (χ3n) is 3.30. The molecule has 0 fully saturated rings. The number of aromatic hydroxyl groups is 1. The topological polar surface area (TPSA) is 87.0 Å². The van der Waals surface area contributed by atoms with E-state index in [-0.39, 0.29) is 27.4 Å². The molecule has 0 aliphatic carbocycles. The first-order valence-corrected chi connectivity index (χ1v) is 9.00. The lowest BCUT2D eigenvalue weighted by atomic mass is 10.2. The minimum Gasteiger partial charge on any atom is -0.493 e. The molecule has 0 bridgehead atoms. The minimum atomic E-state index is -0.684. The number of amides is 1. The van der Waals surface area contributed by atoms with Gasteiger partial charge in [0.2, 0.25) is 5.88 Å². The van der Waals surface area contributed by atoms with Crippen LogP contribution in [0.15, 0.2) is 45.0 Å². The van der Waals surface area contributed by atoms with Crippen molar-refractivity contribution >= 4 is 73.2 Å². The van der Waals surface area contributed by atoms with Gasteiger partial charge in [0, 0.05) is 14.9 Å². The third kappa shape index (κ3) is 3.96. The first-order chi connectivity index (χ1) is 12.4. The predicted octanol–water partition coefficient (Wildman–Crippen LogP) is 6.29. The zero-order chi connectivity index (χ0) is 18.8. The van der Waals surface area contributed by atoms with Crippen molar-refractivity contribution in [3.05, 3.63) is 49.9 Å². The minimum absolute atomic E-state index is 0.125. The number of halogens is 4. The number of carbonyl (C=O) groups excluding carboxylic acids is 1. The number of hydrogen-bond donors (Lipinski definition) is 2. The van der Waals surface area contributed by atoms with Crippen LogP contribution in [0, 0.1) is 0 Å². The summed E-state index contributed by atoms with van der Waals surface area (Å²) in [6, 6.07) is 8.20. The molecular formula is C16H9BrCl3N3O3. The Hall–Kier alpha value is -1.80. The number of nitrogens with one attached hydrogen (secondary N) is 1. The maximum absolute atomic E-state index is 11.9. The van der Waals surface area contributed by atoms with E-state index in [0.29, 0.717) is 15.9 Å². The van der Waals surface area contributed by atoms with E-state index < -0.39 is 12.5 Å². The van der Waals surface area contributed by atoms with E-state index in [1.165, 1.54) is 12.1 Å². The summed E-state index contributed by atoms with van der Waals surface area (Å²) in [7, 11) is 0. The first kappa shape index (κ1) is 19.0. The highest BCUT2D eigenvalue weighted by atomic mass is 79.9. The van der Waals surface area contributed by atoms with Gasteiger partial charge in [0.25, 0.3) is 0 Å². The van der Waals surface area contributed by atoms with Gasteiger partial charge in [-0.2, -0.15) is 0 Å². The van der Waals surface area contributed by atoms with Crippen LogP contribution in [0.4, 0.5) is 5.69 Å².